The van der Waals surface area contributed by atoms with E-state index in [4.69, 9.17) is 0 Å². The standard InChI is InChI=1S/C20H41.Ga.2H/c1-7-18(4)12-9-14-20(6)16-10-15-19(5)13-8-11-17(2)3;;;/h17-20H,1,7-16H2,2-6H3;;;. The van der Waals surface area contributed by atoms with Crippen LogP contribution >= 0.6 is 0 Å². The van der Waals surface area contributed by atoms with Crippen LogP contribution in [-0.2, 0) is 0 Å². The van der Waals surface area contributed by atoms with Crippen molar-refractivity contribution in [3.63, 3.8) is 0 Å². The van der Waals surface area contributed by atoms with E-state index in [9.17, 15) is 0 Å². The van der Waals surface area contributed by atoms with Gasteiger partial charge in [0.1, 0.15) is 0 Å². The summed E-state index contributed by atoms with van der Waals surface area (Å²) in [5.41, 5.74) is 0. The second-order valence-electron chi connectivity index (χ2n) is 8.29. The van der Waals surface area contributed by atoms with E-state index in [2.05, 4.69) is 34.6 Å². The first-order chi connectivity index (χ1) is 9.95. The fraction of sp³-hybridized carbons (Fsp3) is 1.00. The van der Waals surface area contributed by atoms with Crippen molar-refractivity contribution >= 4 is 18.6 Å². The Kier molecular flexibility index (Phi) is 14.7. The van der Waals surface area contributed by atoms with Crippen LogP contribution in [0.2, 0.25) is 4.98 Å². The van der Waals surface area contributed by atoms with Gasteiger partial charge in [0.25, 0.3) is 0 Å². The zero-order valence-corrected chi connectivity index (χ0v) is 20.3. The molecule has 0 radical (unpaired) electrons. The molecule has 3 unspecified atom stereocenters. The quantitative estimate of drug-likeness (QED) is 0.313. The molecule has 0 aliphatic carbocycles. The second-order valence-corrected chi connectivity index (χ2v) is 10.4. The van der Waals surface area contributed by atoms with Gasteiger partial charge in [-0.05, 0) is 5.92 Å². The molecule has 0 spiro atoms. The fourth-order valence-electron chi connectivity index (χ4n) is 3.43. The van der Waals surface area contributed by atoms with Crippen molar-refractivity contribution in [3.05, 3.63) is 0 Å². The van der Waals surface area contributed by atoms with Crippen molar-refractivity contribution in [1.82, 2.24) is 0 Å². The van der Waals surface area contributed by atoms with Gasteiger partial charge in [-0.2, -0.15) is 0 Å². The number of hydrogen-bond donors (Lipinski definition) is 0. The number of rotatable bonds is 14. The summed E-state index contributed by atoms with van der Waals surface area (Å²) < 4.78 is 0. The average molecular weight is 353 g/mol. The van der Waals surface area contributed by atoms with Crippen molar-refractivity contribution in [2.45, 2.75) is 104 Å². The van der Waals surface area contributed by atoms with Gasteiger partial charge in [-0.3, -0.25) is 0 Å². The summed E-state index contributed by atoms with van der Waals surface area (Å²) in [5, 5.41) is 0. The van der Waals surface area contributed by atoms with E-state index in [1.54, 1.807) is 4.98 Å². The van der Waals surface area contributed by atoms with E-state index < -0.39 is 0 Å². The first-order valence-corrected chi connectivity index (χ1v) is 12.9. The summed E-state index contributed by atoms with van der Waals surface area (Å²) in [6, 6.07) is 0. The van der Waals surface area contributed by atoms with Gasteiger partial charge in [-0.15, -0.1) is 0 Å². The summed E-state index contributed by atoms with van der Waals surface area (Å²) in [7, 11) is 0. The van der Waals surface area contributed by atoms with Gasteiger partial charge in [0, 0.05) is 0 Å². The molecule has 0 rings (SSSR count). The third-order valence-electron chi connectivity index (χ3n) is 5.05. The molecular weight excluding hydrogens is 310 g/mol. The topological polar surface area (TPSA) is 0 Å². The average Bonchev–Trinajstić information content (AvgIpc) is 2.38. The molecule has 0 N–H and O–H groups in total. The van der Waals surface area contributed by atoms with Gasteiger partial charge in [0.05, 0.1) is 0 Å². The van der Waals surface area contributed by atoms with Crippen LogP contribution in [0.3, 0.4) is 0 Å². The van der Waals surface area contributed by atoms with E-state index in [0.29, 0.717) is 0 Å². The molecule has 3 atom stereocenters. The van der Waals surface area contributed by atoms with Gasteiger partial charge < -0.3 is 0 Å². The van der Waals surface area contributed by atoms with Gasteiger partial charge in [-0.25, -0.2) is 0 Å². The molecule has 0 nitrogen and oxygen atoms in total. The van der Waals surface area contributed by atoms with E-state index >= 15 is 0 Å². The summed E-state index contributed by atoms with van der Waals surface area (Å²) in [5.74, 6) is 3.79. The Hall–Kier alpha value is 0.636. The monoisotopic (exact) mass is 352 g/mol. The first kappa shape index (κ1) is 21.6. The maximum absolute atomic E-state index is 2.48. The first-order valence-electron chi connectivity index (χ1n) is 9.95. The Morgan fingerprint density at radius 1 is 0.524 bits per heavy atom. The minimum absolute atomic E-state index is 0.885. The van der Waals surface area contributed by atoms with Crippen LogP contribution in [-0.4, -0.2) is 18.6 Å². The van der Waals surface area contributed by atoms with E-state index in [0.717, 1.165) is 42.3 Å². The predicted molar refractivity (Wildman–Crippen MR) is 102 cm³/mol. The molecule has 21 heavy (non-hydrogen) atoms. The van der Waals surface area contributed by atoms with Crippen LogP contribution < -0.4 is 0 Å². The Morgan fingerprint density at radius 2 is 0.857 bits per heavy atom. The van der Waals surface area contributed by atoms with Crippen molar-refractivity contribution in [2.24, 2.45) is 23.7 Å². The molecular formula is C20H43Ga. The van der Waals surface area contributed by atoms with Crippen molar-refractivity contribution in [1.29, 1.82) is 0 Å². The third-order valence-corrected chi connectivity index (χ3v) is 6.26. The van der Waals surface area contributed by atoms with Gasteiger partial charge in [0.2, 0.25) is 0 Å². The second kappa shape index (κ2) is 14.2. The van der Waals surface area contributed by atoms with Gasteiger partial charge in [0.15, 0.2) is 0 Å². The summed E-state index contributed by atoms with van der Waals surface area (Å²) in [6.07, 6.45) is 14.6. The molecule has 0 aromatic rings. The Labute approximate surface area is 146 Å². The molecule has 0 aromatic carbocycles. The van der Waals surface area contributed by atoms with Crippen molar-refractivity contribution in [2.75, 3.05) is 0 Å². The van der Waals surface area contributed by atoms with Crippen LogP contribution in [0, 0.1) is 23.7 Å². The maximum atomic E-state index is 2.48. The molecule has 126 valence electrons. The minimum atomic E-state index is 0.885. The molecule has 0 aliphatic rings. The fourth-order valence-corrected chi connectivity index (χ4v) is 5.50. The van der Waals surface area contributed by atoms with E-state index in [1.165, 1.54) is 64.2 Å². The van der Waals surface area contributed by atoms with Gasteiger partial charge >= 0.3 is 113 Å². The van der Waals surface area contributed by atoms with Crippen LogP contribution in [0.25, 0.3) is 0 Å². The van der Waals surface area contributed by atoms with Crippen LogP contribution in [0.5, 0.6) is 0 Å². The molecule has 0 amide bonds. The molecule has 0 heterocycles. The van der Waals surface area contributed by atoms with Crippen LogP contribution in [0.15, 0.2) is 0 Å². The molecule has 1 heteroatoms. The SMILES string of the molecule is CC(C)CCCC(C)CCCC(C)CCCC(C)C[CH2][GaH2]. The predicted octanol–water partition coefficient (Wildman–Crippen LogP) is 6.50. The van der Waals surface area contributed by atoms with Crippen molar-refractivity contribution in [3.8, 4) is 0 Å². The normalized spacial score (nSPS) is 16.1. The van der Waals surface area contributed by atoms with Crippen LogP contribution in [0.4, 0.5) is 0 Å². The van der Waals surface area contributed by atoms with Crippen LogP contribution in [0.1, 0.15) is 98.8 Å². The zero-order valence-electron chi connectivity index (χ0n) is 16.1. The Bertz CT molecular complexity index is 212. The Morgan fingerprint density at radius 3 is 1.19 bits per heavy atom. The molecule has 0 aliphatic heterocycles. The Balaban J connectivity index is 3.45. The molecule has 0 bridgehead atoms. The third kappa shape index (κ3) is 15.3. The summed E-state index contributed by atoms with van der Waals surface area (Å²) >= 11 is 1.07. The summed E-state index contributed by atoms with van der Waals surface area (Å²) in [6.45, 7) is 12.1. The summed E-state index contributed by atoms with van der Waals surface area (Å²) in [4.78, 5) is 1.54. The molecule has 0 saturated carbocycles. The zero-order chi connectivity index (χ0) is 16.1. The van der Waals surface area contributed by atoms with E-state index in [-0.39, 0.29) is 0 Å². The van der Waals surface area contributed by atoms with Gasteiger partial charge in [-0.1, -0.05) is 26.7 Å². The van der Waals surface area contributed by atoms with E-state index in [1.807, 2.05) is 0 Å². The molecule has 0 aromatic heterocycles. The molecule has 0 fully saturated rings. The number of hydrogen-bond acceptors (Lipinski definition) is 0. The molecule has 0 saturated heterocycles. The van der Waals surface area contributed by atoms with Crippen molar-refractivity contribution < 1.29 is 0 Å².